The van der Waals surface area contributed by atoms with E-state index in [9.17, 15) is 13.2 Å². The predicted molar refractivity (Wildman–Crippen MR) is 136 cm³/mol. The van der Waals surface area contributed by atoms with Crippen molar-refractivity contribution in [2.24, 2.45) is 0 Å². The van der Waals surface area contributed by atoms with Gasteiger partial charge in [-0.25, -0.2) is 24.5 Å². The first-order valence-electron chi connectivity index (χ1n) is 12.9. The lowest BCUT2D eigenvalue weighted by Crippen LogP contribution is -2.05. The van der Waals surface area contributed by atoms with E-state index in [2.05, 4.69) is 15.0 Å². The van der Waals surface area contributed by atoms with Gasteiger partial charge in [-0.2, -0.15) is 13.2 Å². The number of rotatable bonds is 7. The highest BCUT2D eigenvalue weighted by atomic mass is 19.4. The van der Waals surface area contributed by atoms with Gasteiger partial charge in [-0.15, -0.1) is 5.10 Å². The molecule has 0 amide bonds. The third kappa shape index (κ3) is 4.41. The van der Waals surface area contributed by atoms with Crippen molar-refractivity contribution < 1.29 is 17.9 Å². The molecule has 2 aliphatic rings. The number of benzene rings is 1. The molecule has 11 heteroatoms. The van der Waals surface area contributed by atoms with Gasteiger partial charge in [0, 0.05) is 41.9 Å². The molecule has 1 aromatic carbocycles. The Bertz CT molecular complexity index is 1680. The minimum Gasteiger partial charge on any atom is -0.480 e. The van der Waals surface area contributed by atoms with E-state index >= 15 is 0 Å². The van der Waals surface area contributed by atoms with E-state index < -0.39 is 11.9 Å². The Labute approximate surface area is 221 Å². The largest absolute Gasteiger partial charge is 0.480 e. The van der Waals surface area contributed by atoms with Crippen LogP contribution in [0.25, 0.3) is 28.4 Å². The molecule has 8 nitrogen and oxygen atoms in total. The van der Waals surface area contributed by atoms with Crippen LogP contribution < -0.4 is 4.74 Å². The minimum atomic E-state index is -4.47. The Morgan fingerprint density at radius 2 is 1.79 bits per heavy atom. The molecule has 4 aromatic heterocycles. The van der Waals surface area contributed by atoms with E-state index in [1.165, 1.54) is 6.33 Å². The number of hydrogen-bond acceptors (Lipinski definition) is 6. The van der Waals surface area contributed by atoms with Crippen molar-refractivity contribution in [2.75, 3.05) is 7.11 Å². The summed E-state index contributed by atoms with van der Waals surface area (Å²) in [5, 5.41) is 4.72. The van der Waals surface area contributed by atoms with E-state index in [0.717, 1.165) is 54.3 Å². The fourth-order valence-electron chi connectivity index (χ4n) is 4.99. The summed E-state index contributed by atoms with van der Waals surface area (Å²) in [6.45, 7) is 0. The first kappa shape index (κ1) is 23.8. The van der Waals surface area contributed by atoms with Crippen LogP contribution in [0.3, 0.4) is 0 Å². The monoisotopic (exact) mass is 531 g/mol. The van der Waals surface area contributed by atoms with Gasteiger partial charge < -0.3 is 9.30 Å². The van der Waals surface area contributed by atoms with Crippen LogP contribution in [-0.4, -0.2) is 41.2 Å². The second kappa shape index (κ2) is 8.89. The molecule has 39 heavy (non-hydrogen) atoms. The molecule has 0 aliphatic heterocycles. The molecule has 0 atom stereocenters. The second-order valence-electron chi connectivity index (χ2n) is 10.1. The maximum atomic E-state index is 13.3. The molecule has 5 aromatic rings. The number of methoxy groups -OCH3 is 1. The Kier molecular flexibility index (Phi) is 5.43. The summed E-state index contributed by atoms with van der Waals surface area (Å²) in [7, 11) is 1.58. The number of ether oxygens (including phenoxy) is 1. The van der Waals surface area contributed by atoms with Gasteiger partial charge in [0.15, 0.2) is 17.2 Å². The van der Waals surface area contributed by atoms with E-state index in [-0.39, 0.29) is 6.04 Å². The molecule has 2 saturated carbocycles. The number of nitrogens with zero attached hydrogens (tertiary/aromatic N) is 7. The van der Waals surface area contributed by atoms with Crippen molar-refractivity contribution >= 4 is 5.65 Å². The van der Waals surface area contributed by atoms with Gasteiger partial charge >= 0.3 is 6.18 Å². The van der Waals surface area contributed by atoms with E-state index in [4.69, 9.17) is 14.8 Å². The van der Waals surface area contributed by atoms with Crippen LogP contribution in [0.1, 0.15) is 60.2 Å². The molecule has 0 N–H and O–H groups in total. The number of halogens is 3. The SMILES string of the molecule is COc1ncnc(C2CC2)c1-c1nc2c(Cc3ccc(-c4nc(C(F)(F)F)cn4C4CC4)cc3)cccn2n1. The van der Waals surface area contributed by atoms with Gasteiger partial charge in [0.25, 0.3) is 0 Å². The predicted octanol–water partition coefficient (Wildman–Crippen LogP) is 5.88. The van der Waals surface area contributed by atoms with Crippen molar-refractivity contribution in [3.05, 3.63) is 77.6 Å². The average Bonchev–Trinajstić information content (AvgIpc) is 3.87. The van der Waals surface area contributed by atoms with Crippen molar-refractivity contribution in [1.82, 2.24) is 34.1 Å². The maximum absolute atomic E-state index is 13.3. The molecule has 0 bridgehead atoms. The molecular weight excluding hydrogens is 507 g/mol. The zero-order valence-corrected chi connectivity index (χ0v) is 21.1. The molecule has 198 valence electrons. The molecular formula is C28H24F3N7O. The van der Waals surface area contributed by atoms with Gasteiger partial charge in [-0.3, -0.25) is 0 Å². The fraction of sp³-hybridized carbons (Fsp3) is 0.321. The second-order valence-corrected chi connectivity index (χ2v) is 10.1. The number of pyridine rings is 1. The topological polar surface area (TPSA) is 83.0 Å². The van der Waals surface area contributed by atoms with E-state index in [0.29, 0.717) is 41.1 Å². The fourth-order valence-corrected chi connectivity index (χ4v) is 4.99. The van der Waals surface area contributed by atoms with Gasteiger partial charge in [0.1, 0.15) is 17.7 Å². The number of alkyl halides is 3. The number of aromatic nitrogens is 7. The highest BCUT2D eigenvalue weighted by molar-refractivity contribution is 5.68. The number of hydrogen-bond donors (Lipinski definition) is 0. The standard InChI is InChI=1S/C28H24F3N7O/c1-39-27-22(23(17-8-9-17)32-15-33-27)24-35-26-19(3-2-12-38(26)36-24)13-16-4-6-18(7-5-16)25-34-21(28(29,30)31)14-37(25)20-10-11-20/h2-7,12,14-15,17,20H,8-11,13H2,1H3. The summed E-state index contributed by atoms with van der Waals surface area (Å²) < 4.78 is 48.9. The highest BCUT2D eigenvalue weighted by Crippen LogP contribution is 2.45. The average molecular weight is 532 g/mol. The molecule has 2 fully saturated rings. The van der Waals surface area contributed by atoms with E-state index in [1.807, 2.05) is 42.6 Å². The lowest BCUT2D eigenvalue weighted by Gasteiger charge is -2.08. The van der Waals surface area contributed by atoms with Crippen LogP contribution in [0.15, 0.2) is 55.1 Å². The number of imidazole rings is 1. The van der Waals surface area contributed by atoms with Crippen LogP contribution in [0.5, 0.6) is 5.88 Å². The lowest BCUT2D eigenvalue weighted by atomic mass is 10.0. The summed E-state index contributed by atoms with van der Waals surface area (Å²) >= 11 is 0. The summed E-state index contributed by atoms with van der Waals surface area (Å²) in [5.41, 5.74) is 4.12. The normalized spacial score (nSPS) is 15.7. The van der Waals surface area contributed by atoms with Gasteiger partial charge in [0.05, 0.1) is 12.8 Å². The lowest BCUT2D eigenvalue weighted by molar-refractivity contribution is -0.140. The van der Waals surface area contributed by atoms with Crippen LogP contribution in [0, 0.1) is 0 Å². The number of fused-ring (bicyclic) bond motifs is 1. The third-order valence-corrected chi connectivity index (χ3v) is 7.24. The summed E-state index contributed by atoms with van der Waals surface area (Å²) in [6, 6.07) is 11.5. The molecule has 4 heterocycles. The van der Waals surface area contributed by atoms with Crippen LogP contribution >= 0.6 is 0 Å². The molecule has 0 saturated heterocycles. The van der Waals surface area contributed by atoms with Crippen LogP contribution in [0.2, 0.25) is 0 Å². The maximum Gasteiger partial charge on any atom is 0.434 e. The van der Waals surface area contributed by atoms with Gasteiger partial charge in [0.2, 0.25) is 5.88 Å². The van der Waals surface area contributed by atoms with Crippen LogP contribution in [0.4, 0.5) is 13.2 Å². The quantitative estimate of drug-likeness (QED) is 0.261. The van der Waals surface area contributed by atoms with Crippen LogP contribution in [-0.2, 0) is 12.6 Å². The van der Waals surface area contributed by atoms with Gasteiger partial charge in [-0.05, 0) is 37.3 Å². The summed E-state index contributed by atoms with van der Waals surface area (Å²) in [5.74, 6) is 1.69. The highest BCUT2D eigenvalue weighted by Gasteiger charge is 2.37. The van der Waals surface area contributed by atoms with Crippen molar-refractivity contribution in [3.8, 4) is 28.7 Å². The molecule has 7 rings (SSSR count). The Morgan fingerprint density at radius 1 is 1.00 bits per heavy atom. The molecule has 0 unspecified atom stereocenters. The van der Waals surface area contributed by atoms with Gasteiger partial charge in [-0.1, -0.05) is 30.3 Å². The van der Waals surface area contributed by atoms with E-state index in [1.54, 1.807) is 16.2 Å². The minimum absolute atomic E-state index is 0.0806. The molecule has 0 radical (unpaired) electrons. The Hall–Kier alpha value is -4.28. The first-order valence-corrected chi connectivity index (χ1v) is 12.9. The zero-order chi connectivity index (χ0) is 26.7. The Morgan fingerprint density at radius 3 is 2.49 bits per heavy atom. The Balaban J connectivity index is 1.20. The summed E-state index contributed by atoms with van der Waals surface area (Å²) in [4.78, 5) is 17.6. The third-order valence-electron chi connectivity index (χ3n) is 7.24. The van der Waals surface area contributed by atoms with Crippen molar-refractivity contribution in [1.29, 1.82) is 0 Å². The first-order chi connectivity index (χ1) is 18.9. The van der Waals surface area contributed by atoms with Crippen molar-refractivity contribution in [3.63, 3.8) is 0 Å². The summed E-state index contributed by atoms with van der Waals surface area (Å²) in [6.07, 6.45) is 4.47. The molecule has 0 spiro atoms. The smallest absolute Gasteiger partial charge is 0.434 e. The van der Waals surface area contributed by atoms with Crippen molar-refractivity contribution in [2.45, 2.75) is 50.2 Å². The molecule has 2 aliphatic carbocycles. The zero-order valence-electron chi connectivity index (χ0n) is 21.1.